The van der Waals surface area contributed by atoms with Crippen LogP contribution in [0.3, 0.4) is 0 Å². The summed E-state index contributed by atoms with van der Waals surface area (Å²) in [6, 6.07) is 14.5. The summed E-state index contributed by atoms with van der Waals surface area (Å²) in [7, 11) is 0. The molecule has 5 rings (SSSR count). The number of amides is 1. The lowest BCUT2D eigenvalue weighted by atomic mass is 9.98. The van der Waals surface area contributed by atoms with Gasteiger partial charge in [0.25, 0.3) is 0 Å². The highest BCUT2D eigenvalue weighted by molar-refractivity contribution is 5.96. The normalized spacial score (nSPS) is 22.0. The van der Waals surface area contributed by atoms with Gasteiger partial charge in [-0.05, 0) is 86.8 Å². The van der Waals surface area contributed by atoms with E-state index in [2.05, 4.69) is 37.3 Å². The average molecular weight is 406 g/mol. The SMILES string of the molecule is Cc1cccc(N2C[C@@H](c3ccc(OCC4CC4)c(OC4CCCC4)c3)CC2=O)c1. The summed E-state index contributed by atoms with van der Waals surface area (Å²) in [5.74, 6) is 2.80. The molecule has 4 heteroatoms. The number of rotatable bonds is 7. The van der Waals surface area contributed by atoms with Gasteiger partial charge in [0.2, 0.25) is 5.91 Å². The Morgan fingerprint density at radius 2 is 1.83 bits per heavy atom. The summed E-state index contributed by atoms with van der Waals surface area (Å²) in [4.78, 5) is 14.7. The third-order valence-electron chi connectivity index (χ3n) is 6.64. The molecule has 2 aromatic rings. The van der Waals surface area contributed by atoms with Gasteiger partial charge >= 0.3 is 0 Å². The van der Waals surface area contributed by atoms with Gasteiger partial charge in [-0.3, -0.25) is 4.79 Å². The van der Waals surface area contributed by atoms with Gasteiger partial charge < -0.3 is 14.4 Å². The second-order valence-corrected chi connectivity index (χ2v) is 9.23. The van der Waals surface area contributed by atoms with Crippen LogP contribution in [0.25, 0.3) is 0 Å². The lowest BCUT2D eigenvalue weighted by Crippen LogP contribution is -2.24. The number of benzene rings is 2. The first-order valence-electron chi connectivity index (χ1n) is 11.5. The maximum Gasteiger partial charge on any atom is 0.227 e. The molecule has 0 spiro atoms. The lowest BCUT2D eigenvalue weighted by Gasteiger charge is -2.20. The minimum absolute atomic E-state index is 0.182. The fourth-order valence-corrected chi connectivity index (χ4v) is 4.64. The van der Waals surface area contributed by atoms with E-state index in [1.54, 1.807) is 0 Å². The van der Waals surface area contributed by atoms with Gasteiger partial charge in [-0.25, -0.2) is 0 Å². The van der Waals surface area contributed by atoms with Gasteiger partial charge in [-0.2, -0.15) is 0 Å². The van der Waals surface area contributed by atoms with Crippen LogP contribution in [0, 0.1) is 12.8 Å². The van der Waals surface area contributed by atoms with Crippen LogP contribution in [0.2, 0.25) is 0 Å². The van der Waals surface area contributed by atoms with Crippen molar-refractivity contribution >= 4 is 11.6 Å². The van der Waals surface area contributed by atoms with Crippen LogP contribution in [0.4, 0.5) is 5.69 Å². The molecule has 0 bridgehead atoms. The van der Waals surface area contributed by atoms with Gasteiger partial charge in [0.05, 0.1) is 12.7 Å². The standard InChI is InChI=1S/C26H31NO3/c1-18-5-4-6-22(13-18)27-16-21(15-26(27)28)20-11-12-24(29-17-19-9-10-19)25(14-20)30-23-7-2-3-8-23/h4-6,11-14,19,21,23H,2-3,7-10,15-17H2,1H3/t21-/m0/s1. The van der Waals surface area contributed by atoms with Crippen molar-refractivity contribution in [3.63, 3.8) is 0 Å². The molecule has 0 aromatic heterocycles. The van der Waals surface area contributed by atoms with Gasteiger partial charge in [0, 0.05) is 24.6 Å². The Morgan fingerprint density at radius 1 is 1.00 bits per heavy atom. The van der Waals surface area contributed by atoms with E-state index < -0.39 is 0 Å². The smallest absolute Gasteiger partial charge is 0.227 e. The molecule has 3 fully saturated rings. The lowest BCUT2D eigenvalue weighted by molar-refractivity contribution is -0.117. The fraction of sp³-hybridized carbons (Fsp3) is 0.500. The summed E-state index contributed by atoms with van der Waals surface area (Å²) in [5.41, 5.74) is 3.34. The van der Waals surface area contributed by atoms with E-state index >= 15 is 0 Å². The zero-order valence-corrected chi connectivity index (χ0v) is 17.8. The molecule has 2 saturated carbocycles. The topological polar surface area (TPSA) is 38.8 Å². The first-order chi connectivity index (χ1) is 14.7. The molecule has 1 heterocycles. The molecule has 158 valence electrons. The molecule has 1 aliphatic heterocycles. The molecule has 1 atom stereocenters. The Labute approximate surface area is 179 Å². The van der Waals surface area contributed by atoms with Crippen LogP contribution in [0.15, 0.2) is 42.5 Å². The molecule has 0 unspecified atom stereocenters. The number of aryl methyl sites for hydroxylation is 1. The molecule has 3 aliphatic rings. The van der Waals surface area contributed by atoms with Crippen molar-refractivity contribution in [1.29, 1.82) is 0 Å². The minimum atomic E-state index is 0.182. The van der Waals surface area contributed by atoms with Crippen molar-refractivity contribution in [1.82, 2.24) is 0 Å². The minimum Gasteiger partial charge on any atom is -0.489 e. The van der Waals surface area contributed by atoms with E-state index in [9.17, 15) is 4.79 Å². The van der Waals surface area contributed by atoms with E-state index in [-0.39, 0.29) is 17.9 Å². The summed E-state index contributed by atoms with van der Waals surface area (Å²) < 4.78 is 12.5. The van der Waals surface area contributed by atoms with Gasteiger partial charge in [-0.1, -0.05) is 18.2 Å². The average Bonchev–Trinajstić information content (AvgIpc) is 3.27. The Hall–Kier alpha value is -2.49. The summed E-state index contributed by atoms with van der Waals surface area (Å²) >= 11 is 0. The Balaban J connectivity index is 1.35. The van der Waals surface area contributed by atoms with Crippen molar-refractivity contribution in [3.05, 3.63) is 53.6 Å². The zero-order chi connectivity index (χ0) is 20.5. The zero-order valence-electron chi connectivity index (χ0n) is 17.8. The third kappa shape index (κ3) is 4.33. The molecule has 1 saturated heterocycles. The van der Waals surface area contributed by atoms with Crippen LogP contribution in [-0.4, -0.2) is 25.2 Å². The van der Waals surface area contributed by atoms with E-state index in [1.165, 1.54) is 36.8 Å². The Kier molecular flexibility index (Phi) is 5.41. The highest BCUT2D eigenvalue weighted by atomic mass is 16.5. The molecular weight excluding hydrogens is 374 g/mol. The van der Waals surface area contributed by atoms with E-state index in [0.29, 0.717) is 18.9 Å². The molecule has 2 aromatic carbocycles. The number of carbonyl (C=O) groups is 1. The van der Waals surface area contributed by atoms with E-state index in [1.807, 2.05) is 17.0 Å². The first-order valence-corrected chi connectivity index (χ1v) is 11.5. The summed E-state index contributed by atoms with van der Waals surface area (Å²) in [6.07, 6.45) is 8.10. The van der Waals surface area contributed by atoms with E-state index in [0.717, 1.165) is 36.6 Å². The molecule has 0 N–H and O–H groups in total. The largest absolute Gasteiger partial charge is 0.489 e. The number of carbonyl (C=O) groups excluding carboxylic acids is 1. The predicted octanol–water partition coefficient (Wildman–Crippen LogP) is 5.63. The maximum atomic E-state index is 12.8. The summed E-state index contributed by atoms with van der Waals surface area (Å²) in [6.45, 7) is 3.56. The van der Waals surface area contributed by atoms with Crippen molar-refractivity contribution < 1.29 is 14.3 Å². The van der Waals surface area contributed by atoms with Crippen LogP contribution in [0.5, 0.6) is 11.5 Å². The Bertz CT molecular complexity index is 914. The van der Waals surface area contributed by atoms with Crippen LogP contribution in [-0.2, 0) is 4.79 Å². The van der Waals surface area contributed by atoms with Crippen LogP contribution >= 0.6 is 0 Å². The summed E-state index contributed by atoms with van der Waals surface area (Å²) in [5, 5.41) is 0. The highest BCUT2D eigenvalue weighted by Crippen LogP contribution is 2.39. The van der Waals surface area contributed by atoms with Gasteiger partial charge in [-0.15, -0.1) is 0 Å². The number of ether oxygens (including phenoxy) is 2. The second-order valence-electron chi connectivity index (χ2n) is 9.23. The Morgan fingerprint density at radius 3 is 2.60 bits per heavy atom. The molecule has 1 amide bonds. The third-order valence-corrected chi connectivity index (χ3v) is 6.64. The molecule has 0 radical (unpaired) electrons. The quantitative estimate of drug-likeness (QED) is 0.600. The fourth-order valence-electron chi connectivity index (χ4n) is 4.64. The van der Waals surface area contributed by atoms with Crippen molar-refractivity contribution in [2.45, 2.75) is 63.9 Å². The highest BCUT2D eigenvalue weighted by Gasteiger charge is 2.32. The molecule has 2 aliphatic carbocycles. The predicted molar refractivity (Wildman–Crippen MR) is 118 cm³/mol. The molecular formula is C26H31NO3. The monoisotopic (exact) mass is 405 g/mol. The van der Waals surface area contributed by atoms with Crippen molar-refractivity contribution in [2.75, 3.05) is 18.1 Å². The first kappa shape index (κ1) is 19.5. The van der Waals surface area contributed by atoms with Crippen molar-refractivity contribution in [3.8, 4) is 11.5 Å². The second kappa shape index (κ2) is 8.33. The number of anilines is 1. The van der Waals surface area contributed by atoms with Gasteiger partial charge in [0.1, 0.15) is 0 Å². The molecule has 4 nitrogen and oxygen atoms in total. The van der Waals surface area contributed by atoms with Gasteiger partial charge in [0.15, 0.2) is 11.5 Å². The molecule has 30 heavy (non-hydrogen) atoms. The van der Waals surface area contributed by atoms with Crippen LogP contribution in [0.1, 0.15) is 62.0 Å². The van der Waals surface area contributed by atoms with Crippen LogP contribution < -0.4 is 14.4 Å². The number of hydrogen-bond acceptors (Lipinski definition) is 3. The maximum absolute atomic E-state index is 12.8. The number of nitrogens with zero attached hydrogens (tertiary/aromatic N) is 1. The van der Waals surface area contributed by atoms with E-state index in [4.69, 9.17) is 9.47 Å². The van der Waals surface area contributed by atoms with Crippen molar-refractivity contribution in [2.24, 2.45) is 5.92 Å². The number of hydrogen-bond donors (Lipinski definition) is 0.